The van der Waals surface area contributed by atoms with Crippen LogP contribution in [0, 0.1) is 0 Å². The number of carbonyl (C=O) groups excluding carboxylic acids is 1. The summed E-state index contributed by atoms with van der Waals surface area (Å²) in [6, 6.07) is 9.22. The topological polar surface area (TPSA) is 58.6 Å². The van der Waals surface area contributed by atoms with Crippen LogP contribution in [-0.2, 0) is 12.8 Å². The number of benzene rings is 2. The molecule has 0 atom stereocenters. The minimum absolute atomic E-state index is 0.121. The van der Waals surface area contributed by atoms with E-state index in [9.17, 15) is 9.90 Å². The molecule has 0 amide bonds. The zero-order valence-electron chi connectivity index (χ0n) is 15.2. The van der Waals surface area contributed by atoms with E-state index in [-0.39, 0.29) is 11.5 Å². The van der Waals surface area contributed by atoms with Crippen molar-refractivity contribution in [1.82, 2.24) is 0 Å². The Hall–Kier alpha value is -2.75. The minimum Gasteiger partial charge on any atom is -0.507 e. The summed E-state index contributed by atoms with van der Waals surface area (Å²) in [4.78, 5) is 12.4. The van der Waals surface area contributed by atoms with E-state index in [1.165, 1.54) is 6.08 Å². The number of aryl methyl sites for hydroxylation is 2. The molecule has 0 saturated heterocycles. The first-order valence-corrected chi connectivity index (χ1v) is 8.47. The van der Waals surface area contributed by atoms with Crippen LogP contribution in [0.1, 0.15) is 40.9 Å². The van der Waals surface area contributed by atoms with Gasteiger partial charge in [-0.05, 0) is 66.5 Å². The lowest BCUT2D eigenvalue weighted by Gasteiger charge is -2.15. The van der Waals surface area contributed by atoms with E-state index >= 15 is 0 Å². The monoisotopic (exact) mass is 339 g/mol. The van der Waals surface area contributed by atoms with Crippen LogP contribution < -0.4 is 10.1 Å². The predicted octanol–water partition coefficient (Wildman–Crippen LogP) is 4.46. The van der Waals surface area contributed by atoms with Crippen LogP contribution in [0.5, 0.6) is 11.5 Å². The Morgan fingerprint density at radius 2 is 1.80 bits per heavy atom. The second-order valence-corrected chi connectivity index (χ2v) is 5.72. The fraction of sp³-hybridized carbons (Fsp3) is 0.286. The number of phenols is 1. The normalized spacial score (nSPS) is 10.9. The minimum atomic E-state index is -0.121. The molecule has 4 nitrogen and oxygen atoms in total. The van der Waals surface area contributed by atoms with Gasteiger partial charge in [0.25, 0.3) is 0 Å². The van der Waals surface area contributed by atoms with E-state index < -0.39 is 0 Å². The number of nitrogens with one attached hydrogen (secondary N) is 1. The van der Waals surface area contributed by atoms with Gasteiger partial charge in [-0.15, -0.1) is 0 Å². The molecule has 0 bridgehead atoms. The van der Waals surface area contributed by atoms with Crippen LogP contribution in [0.2, 0.25) is 0 Å². The highest BCUT2D eigenvalue weighted by molar-refractivity contribution is 6.07. The third-order valence-corrected chi connectivity index (χ3v) is 4.27. The summed E-state index contributed by atoms with van der Waals surface area (Å²) >= 11 is 0. The third-order valence-electron chi connectivity index (χ3n) is 4.27. The van der Waals surface area contributed by atoms with Crippen molar-refractivity contribution in [2.45, 2.75) is 26.7 Å². The van der Waals surface area contributed by atoms with Gasteiger partial charge in [-0.1, -0.05) is 13.8 Å². The van der Waals surface area contributed by atoms with Crippen molar-refractivity contribution in [3.63, 3.8) is 0 Å². The molecule has 2 aromatic rings. The van der Waals surface area contributed by atoms with Crippen molar-refractivity contribution < 1.29 is 14.6 Å². The Morgan fingerprint density at radius 3 is 2.32 bits per heavy atom. The number of carbonyl (C=O) groups is 1. The lowest BCUT2D eigenvalue weighted by Crippen LogP contribution is -1.99. The molecule has 0 saturated carbocycles. The molecular formula is C21H25NO3. The van der Waals surface area contributed by atoms with Gasteiger partial charge >= 0.3 is 0 Å². The van der Waals surface area contributed by atoms with Crippen LogP contribution >= 0.6 is 0 Å². The number of allylic oxidation sites excluding steroid dienone is 1. The number of anilines is 1. The molecule has 4 heteroatoms. The quantitative estimate of drug-likeness (QED) is 0.577. The summed E-state index contributed by atoms with van der Waals surface area (Å²) in [5, 5.41) is 13.5. The second-order valence-electron chi connectivity index (χ2n) is 5.72. The number of rotatable bonds is 7. The largest absolute Gasteiger partial charge is 0.507 e. The first-order chi connectivity index (χ1) is 12.0. The fourth-order valence-corrected chi connectivity index (χ4v) is 2.78. The highest BCUT2D eigenvalue weighted by Crippen LogP contribution is 2.36. The molecule has 25 heavy (non-hydrogen) atoms. The maximum absolute atomic E-state index is 12.4. The maximum atomic E-state index is 12.4. The first kappa shape index (κ1) is 18.6. The summed E-state index contributed by atoms with van der Waals surface area (Å²) in [7, 11) is 3.41. The molecule has 0 aliphatic rings. The van der Waals surface area contributed by atoms with E-state index in [2.05, 4.69) is 5.32 Å². The van der Waals surface area contributed by atoms with E-state index in [0.717, 1.165) is 23.2 Å². The summed E-state index contributed by atoms with van der Waals surface area (Å²) in [5.41, 5.74) is 3.96. The number of hydrogen-bond donors (Lipinski definition) is 2. The average molecular weight is 339 g/mol. The molecule has 0 radical (unpaired) electrons. The molecule has 0 aliphatic heterocycles. The van der Waals surface area contributed by atoms with Crippen molar-refractivity contribution in [2.24, 2.45) is 0 Å². The lowest BCUT2D eigenvalue weighted by atomic mass is 9.98. The zero-order valence-corrected chi connectivity index (χ0v) is 15.2. The Bertz CT molecular complexity index is 777. The number of aromatic hydroxyl groups is 1. The number of ketones is 1. The van der Waals surface area contributed by atoms with Gasteiger partial charge in [-0.25, -0.2) is 0 Å². The Labute approximate surface area is 149 Å². The highest BCUT2D eigenvalue weighted by atomic mass is 16.5. The third kappa shape index (κ3) is 4.02. The Kier molecular flexibility index (Phi) is 6.23. The Balaban J connectivity index is 2.40. The van der Waals surface area contributed by atoms with Gasteiger partial charge in [0.1, 0.15) is 11.5 Å². The molecule has 0 spiro atoms. The SMILES string of the molecule is CCc1cc(CC)c(OC)c(C=CC(=O)c2ccc(NC)cc2)c1O. The standard InChI is InChI=1S/C21H25NO3/c1-5-14-13-15(6-2)21(25-4)18(20(14)24)11-12-19(23)16-7-9-17(22-3)10-8-16/h7-13,22,24H,5-6H2,1-4H3. The zero-order chi connectivity index (χ0) is 18.4. The van der Waals surface area contributed by atoms with Gasteiger partial charge in [0.05, 0.1) is 12.7 Å². The predicted molar refractivity (Wildman–Crippen MR) is 103 cm³/mol. The number of hydrogen-bond acceptors (Lipinski definition) is 4. The molecule has 2 N–H and O–H groups in total. The summed E-state index contributed by atoms with van der Waals surface area (Å²) in [5.74, 6) is 0.668. The van der Waals surface area contributed by atoms with Crippen molar-refractivity contribution in [3.8, 4) is 11.5 Å². The molecule has 132 valence electrons. The van der Waals surface area contributed by atoms with E-state index in [1.54, 1.807) is 25.3 Å². The molecular weight excluding hydrogens is 314 g/mol. The molecule has 0 heterocycles. The van der Waals surface area contributed by atoms with Crippen LogP contribution in [0.15, 0.2) is 36.4 Å². The molecule has 0 aromatic heterocycles. The smallest absolute Gasteiger partial charge is 0.185 e. The lowest BCUT2D eigenvalue weighted by molar-refractivity contribution is 0.104. The van der Waals surface area contributed by atoms with Crippen molar-refractivity contribution >= 4 is 17.5 Å². The van der Waals surface area contributed by atoms with E-state index in [1.807, 2.05) is 39.1 Å². The van der Waals surface area contributed by atoms with Crippen LogP contribution in [0.25, 0.3) is 6.08 Å². The number of methoxy groups -OCH3 is 1. The van der Waals surface area contributed by atoms with Gasteiger partial charge < -0.3 is 15.2 Å². The fourth-order valence-electron chi connectivity index (χ4n) is 2.78. The highest BCUT2D eigenvalue weighted by Gasteiger charge is 2.15. The van der Waals surface area contributed by atoms with Gasteiger partial charge in [-0.2, -0.15) is 0 Å². The molecule has 2 rings (SSSR count). The number of phenolic OH excluding ortho intramolecular Hbond substituents is 1. The molecule has 0 aliphatic carbocycles. The van der Waals surface area contributed by atoms with Gasteiger partial charge in [-0.3, -0.25) is 4.79 Å². The summed E-state index contributed by atoms with van der Waals surface area (Å²) in [6.07, 6.45) is 4.62. The first-order valence-electron chi connectivity index (χ1n) is 8.47. The number of ether oxygens (including phenoxy) is 1. The summed E-state index contributed by atoms with van der Waals surface area (Å²) in [6.45, 7) is 4.03. The maximum Gasteiger partial charge on any atom is 0.185 e. The van der Waals surface area contributed by atoms with Crippen LogP contribution in [-0.4, -0.2) is 25.0 Å². The molecule has 2 aromatic carbocycles. The van der Waals surface area contributed by atoms with Crippen LogP contribution in [0.3, 0.4) is 0 Å². The second kappa shape index (κ2) is 8.38. The Morgan fingerprint density at radius 1 is 1.16 bits per heavy atom. The van der Waals surface area contributed by atoms with E-state index in [0.29, 0.717) is 23.3 Å². The van der Waals surface area contributed by atoms with Crippen molar-refractivity contribution in [3.05, 3.63) is 58.7 Å². The average Bonchev–Trinajstić information content (AvgIpc) is 2.66. The summed E-state index contributed by atoms with van der Waals surface area (Å²) < 4.78 is 5.49. The van der Waals surface area contributed by atoms with Crippen LogP contribution in [0.4, 0.5) is 5.69 Å². The van der Waals surface area contributed by atoms with Gasteiger partial charge in [0, 0.05) is 18.3 Å². The van der Waals surface area contributed by atoms with Gasteiger partial charge in [0.15, 0.2) is 5.78 Å². The molecule has 0 unspecified atom stereocenters. The van der Waals surface area contributed by atoms with E-state index in [4.69, 9.17) is 4.74 Å². The van der Waals surface area contributed by atoms with Crippen molar-refractivity contribution in [1.29, 1.82) is 0 Å². The van der Waals surface area contributed by atoms with Gasteiger partial charge in [0.2, 0.25) is 0 Å². The van der Waals surface area contributed by atoms with Crippen molar-refractivity contribution in [2.75, 3.05) is 19.5 Å². The molecule has 0 fully saturated rings.